The summed E-state index contributed by atoms with van der Waals surface area (Å²) in [5, 5.41) is -0.441. The molecule has 3 aromatic rings. The molecule has 0 spiro atoms. The Morgan fingerprint density at radius 1 is 1.19 bits per heavy atom. The standard InChI is InChI=1S/C15H10BrClF2N2/c1-8(17)15-20-14-12(19)6-10(18)7-13(14)21(15)11-4-2-9(16)3-5-11/h2-8H,1H3. The zero-order valence-electron chi connectivity index (χ0n) is 10.9. The molecule has 0 saturated heterocycles. The predicted molar refractivity (Wildman–Crippen MR) is 83.0 cm³/mol. The Labute approximate surface area is 133 Å². The first-order chi connectivity index (χ1) is 9.97. The Balaban J connectivity index is 2.37. The van der Waals surface area contributed by atoms with Gasteiger partial charge in [0.25, 0.3) is 0 Å². The number of hydrogen-bond donors (Lipinski definition) is 0. The maximum atomic E-state index is 13.9. The van der Waals surface area contributed by atoms with Crippen LogP contribution in [0.3, 0.4) is 0 Å². The summed E-state index contributed by atoms with van der Waals surface area (Å²) < 4.78 is 30.0. The van der Waals surface area contributed by atoms with Crippen molar-refractivity contribution in [2.24, 2.45) is 0 Å². The molecule has 1 aromatic heterocycles. The summed E-state index contributed by atoms with van der Waals surface area (Å²) in [6.07, 6.45) is 0. The van der Waals surface area contributed by atoms with Crippen LogP contribution in [0.1, 0.15) is 18.1 Å². The van der Waals surface area contributed by atoms with Crippen LogP contribution in [-0.2, 0) is 0 Å². The summed E-state index contributed by atoms with van der Waals surface area (Å²) in [7, 11) is 0. The molecule has 1 heterocycles. The zero-order valence-corrected chi connectivity index (χ0v) is 13.3. The topological polar surface area (TPSA) is 17.8 Å². The van der Waals surface area contributed by atoms with Gasteiger partial charge in [0.05, 0.1) is 10.9 Å². The van der Waals surface area contributed by atoms with E-state index in [4.69, 9.17) is 11.6 Å². The van der Waals surface area contributed by atoms with Crippen LogP contribution in [0.15, 0.2) is 40.9 Å². The molecule has 0 N–H and O–H groups in total. The highest BCUT2D eigenvalue weighted by molar-refractivity contribution is 9.10. The van der Waals surface area contributed by atoms with E-state index in [0.717, 1.165) is 16.2 Å². The molecule has 2 nitrogen and oxygen atoms in total. The van der Waals surface area contributed by atoms with Crippen molar-refractivity contribution < 1.29 is 8.78 Å². The molecule has 1 atom stereocenters. The maximum Gasteiger partial charge on any atom is 0.153 e. The average Bonchev–Trinajstić information content (AvgIpc) is 2.79. The van der Waals surface area contributed by atoms with Gasteiger partial charge in [0.1, 0.15) is 17.2 Å². The van der Waals surface area contributed by atoms with Gasteiger partial charge in [-0.25, -0.2) is 13.8 Å². The van der Waals surface area contributed by atoms with E-state index >= 15 is 0 Å². The van der Waals surface area contributed by atoms with Crippen LogP contribution in [0.4, 0.5) is 8.78 Å². The van der Waals surface area contributed by atoms with E-state index in [-0.39, 0.29) is 5.52 Å². The van der Waals surface area contributed by atoms with Crippen LogP contribution in [0.25, 0.3) is 16.7 Å². The lowest BCUT2D eigenvalue weighted by atomic mass is 10.2. The van der Waals surface area contributed by atoms with Crippen LogP contribution >= 0.6 is 27.5 Å². The Bertz CT molecular complexity index is 813. The van der Waals surface area contributed by atoms with Gasteiger partial charge in [-0.15, -0.1) is 11.6 Å². The number of halogens is 4. The van der Waals surface area contributed by atoms with Gasteiger partial charge in [-0.2, -0.15) is 0 Å². The Morgan fingerprint density at radius 3 is 2.48 bits per heavy atom. The molecule has 0 fully saturated rings. The zero-order chi connectivity index (χ0) is 15.1. The average molecular weight is 372 g/mol. The number of aromatic nitrogens is 2. The van der Waals surface area contributed by atoms with Crippen molar-refractivity contribution in [1.29, 1.82) is 0 Å². The number of imidazole rings is 1. The largest absolute Gasteiger partial charge is 0.295 e. The summed E-state index contributed by atoms with van der Waals surface area (Å²) in [4.78, 5) is 4.23. The number of benzene rings is 2. The smallest absolute Gasteiger partial charge is 0.153 e. The van der Waals surface area contributed by atoms with Crippen LogP contribution in [0.5, 0.6) is 0 Å². The second kappa shape index (κ2) is 5.39. The fourth-order valence-electron chi connectivity index (χ4n) is 2.25. The Hall–Kier alpha value is -1.46. The van der Waals surface area contributed by atoms with E-state index in [9.17, 15) is 8.78 Å². The molecule has 0 aliphatic carbocycles. The lowest BCUT2D eigenvalue weighted by Crippen LogP contribution is -2.01. The van der Waals surface area contributed by atoms with Crippen molar-refractivity contribution in [3.05, 3.63) is 58.3 Å². The normalized spacial score (nSPS) is 12.8. The summed E-state index contributed by atoms with van der Waals surface area (Å²) in [5.74, 6) is -0.870. The molecular weight excluding hydrogens is 362 g/mol. The first-order valence-corrected chi connectivity index (χ1v) is 7.47. The first-order valence-electron chi connectivity index (χ1n) is 6.25. The maximum absolute atomic E-state index is 13.9. The van der Waals surface area contributed by atoms with E-state index in [1.54, 1.807) is 11.5 Å². The fourth-order valence-corrected chi connectivity index (χ4v) is 2.66. The van der Waals surface area contributed by atoms with Crippen LogP contribution in [-0.4, -0.2) is 9.55 Å². The minimum absolute atomic E-state index is 0.113. The van der Waals surface area contributed by atoms with Crippen molar-refractivity contribution in [2.45, 2.75) is 12.3 Å². The SMILES string of the molecule is CC(Cl)c1nc2c(F)cc(F)cc2n1-c1ccc(Br)cc1. The van der Waals surface area contributed by atoms with Crippen LogP contribution in [0.2, 0.25) is 0 Å². The second-order valence-corrected chi connectivity index (χ2v) is 6.22. The molecule has 2 aromatic carbocycles. The van der Waals surface area contributed by atoms with Crippen LogP contribution < -0.4 is 0 Å². The Morgan fingerprint density at radius 2 is 1.86 bits per heavy atom. The van der Waals surface area contributed by atoms with Crippen molar-refractivity contribution in [2.75, 3.05) is 0 Å². The van der Waals surface area contributed by atoms with Crippen molar-refractivity contribution in [1.82, 2.24) is 9.55 Å². The summed E-state index contributed by atoms with van der Waals surface area (Å²) in [6.45, 7) is 1.74. The minimum Gasteiger partial charge on any atom is -0.295 e. The minimum atomic E-state index is -0.695. The quantitative estimate of drug-likeness (QED) is 0.554. The lowest BCUT2D eigenvalue weighted by molar-refractivity contribution is 0.590. The molecule has 1 unspecified atom stereocenters. The van der Waals surface area contributed by atoms with Crippen LogP contribution in [0, 0.1) is 11.6 Å². The number of rotatable bonds is 2. The number of hydrogen-bond acceptors (Lipinski definition) is 1. The third kappa shape index (κ3) is 2.56. The van der Waals surface area contributed by atoms with E-state index in [1.807, 2.05) is 24.3 Å². The van der Waals surface area contributed by atoms with Gasteiger partial charge < -0.3 is 0 Å². The van der Waals surface area contributed by atoms with Crippen molar-refractivity contribution in [3.8, 4) is 5.69 Å². The molecule has 3 rings (SSSR count). The molecule has 0 aliphatic heterocycles. The van der Waals surface area contributed by atoms with Gasteiger partial charge in [0, 0.05) is 22.3 Å². The highest BCUT2D eigenvalue weighted by Crippen LogP contribution is 2.30. The van der Waals surface area contributed by atoms with E-state index in [0.29, 0.717) is 11.3 Å². The third-order valence-electron chi connectivity index (χ3n) is 3.15. The molecule has 0 bridgehead atoms. The monoisotopic (exact) mass is 370 g/mol. The van der Waals surface area contributed by atoms with Gasteiger partial charge >= 0.3 is 0 Å². The highest BCUT2D eigenvalue weighted by Gasteiger charge is 2.19. The molecule has 0 amide bonds. The molecule has 0 saturated carbocycles. The molecule has 6 heteroatoms. The number of alkyl halides is 1. The van der Waals surface area contributed by atoms with Gasteiger partial charge in [-0.05, 0) is 31.2 Å². The first kappa shape index (κ1) is 14.5. The molecular formula is C15H10BrClF2N2. The summed E-state index contributed by atoms with van der Waals surface area (Å²) in [5.41, 5.74) is 1.22. The predicted octanol–water partition coefficient (Wildman–Crippen LogP) is 5.37. The third-order valence-corrected chi connectivity index (χ3v) is 3.87. The second-order valence-electron chi connectivity index (χ2n) is 4.65. The van der Waals surface area contributed by atoms with Gasteiger partial charge in [0.15, 0.2) is 5.82 Å². The van der Waals surface area contributed by atoms with Gasteiger partial charge in [0.2, 0.25) is 0 Å². The summed E-state index contributed by atoms with van der Waals surface area (Å²) in [6, 6.07) is 9.44. The summed E-state index contributed by atoms with van der Waals surface area (Å²) >= 11 is 9.50. The Kier molecular flexibility index (Phi) is 3.71. The molecule has 21 heavy (non-hydrogen) atoms. The van der Waals surface area contributed by atoms with E-state index in [2.05, 4.69) is 20.9 Å². The number of nitrogens with zero attached hydrogens (tertiary/aromatic N) is 2. The number of fused-ring (bicyclic) bond motifs is 1. The van der Waals surface area contributed by atoms with E-state index < -0.39 is 17.0 Å². The lowest BCUT2D eigenvalue weighted by Gasteiger charge is -2.10. The molecule has 108 valence electrons. The highest BCUT2D eigenvalue weighted by atomic mass is 79.9. The fraction of sp³-hybridized carbons (Fsp3) is 0.133. The van der Waals surface area contributed by atoms with Crippen molar-refractivity contribution in [3.63, 3.8) is 0 Å². The molecule has 0 aliphatic rings. The van der Waals surface area contributed by atoms with Gasteiger partial charge in [-0.1, -0.05) is 15.9 Å². The van der Waals surface area contributed by atoms with E-state index in [1.165, 1.54) is 6.07 Å². The van der Waals surface area contributed by atoms with Gasteiger partial charge in [-0.3, -0.25) is 4.57 Å². The van der Waals surface area contributed by atoms with Crippen molar-refractivity contribution >= 4 is 38.6 Å². The molecule has 0 radical (unpaired) electrons.